The third-order valence-corrected chi connectivity index (χ3v) is 3.37. The molecule has 1 aromatic rings. The molecule has 0 aliphatic heterocycles. The van der Waals surface area contributed by atoms with E-state index in [9.17, 15) is 15.0 Å². The van der Waals surface area contributed by atoms with Crippen molar-refractivity contribution in [1.82, 2.24) is 0 Å². The summed E-state index contributed by atoms with van der Waals surface area (Å²) in [7, 11) is 0. The maximum Gasteiger partial charge on any atom is 0.169 e. The van der Waals surface area contributed by atoms with Gasteiger partial charge in [0, 0.05) is 5.92 Å². The van der Waals surface area contributed by atoms with Gasteiger partial charge in [0.25, 0.3) is 0 Å². The Morgan fingerprint density at radius 3 is 2.57 bits per heavy atom. The van der Waals surface area contributed by atoms with Gasteiger partial charge in [-0.05, 0) is 47.6 Å². The first kappa shape index (κ1) is 9.76. The molecule has 4 heteroatoms. The standard InChI is InChI=1S/C10H9IO3/c11-8-7(12)4-3-6(10(8)14)9(13)5-1-2-5/h3-5,12,14H,1-2H2. The van der Waals surface area contributed by atoms with Crippen LogP contribution < -0.4 is 0 Å². The van der Waals surface area contributed by atoms with Gasteiger partial charge in [-0.1, -0.05) is 0 Å². The molecule has 1 fully saturated rings. The zero-order valence-corrected chi connectivity index (χ0v) is 9.48. The first-order valence-electron chi connectivity index (χ1n) is 4.36. The van der Waals surface area contributed by atoms with Crippen LogP contribution in [-0.2, 0) is 0 Å². The fraction of sp³-hybridized carbons (Fsp3) is 0.300. The van der Waals surface area contributed by atoms with E-state index in [1.807, 2.05) is 22.6 Å². The molecule has 0 saturated heterocycles. The van der Waals surface area contributed by atoms with Gasteiger partial charge in [-0.2, -0.15) is 0 Å². The lowest BCUT2D eigenvalue weighted by Gasteiger charge is -2.05. The van der Waals surface area contributed by atoms with Crippen LogP contribution in [0.2, 0.25) is 0 Å². The van der Waals surface area contributed by atoms with Crippen LogP contribution in [0.1, 0.15) is 23.2 Å². The van der Waals surface area contributed by atoms with Crippen LogP contribution in [0.3, 0.4) is 0 Å². The van der Waals surface area contributed by atoms with Crippen molar-refractivity contribution in [2.45, 2.75) is 12.8 Å². The van der Waals surface area contributed by atoms with Gasteiger partial charge in [0.15, 0.2) is 5.78 Å². The Balaban J connectivity index is 2.43. The van der Waals surface area contributed by atoms with Crippen LogP contribution in [0.15, 0.2) is 12.1 Å². The van der Waals surface area contributed by atoms with E-state index in [1.54, 1.807) is 0 Å². The van der Waals surface area contributed by atoms with Crippen molar-refractivity contribution in [3.8, 4) is 11.5 Å². The summed E-state index contributed by atoms with van der Waals surface area (Å²) >= 11 is 1.82. The van der Waals surface area contributed by atoms with Crippen molar-refractivity contribution >= 4 is 28.4 Å². The smallest absolute Gasteiger partial charge is 0.169 e. The molecule has 74 valence electrons. The van der Waals surface area contributed by atoms with Gasteiger partial charge in [0.2, 0.25) is 0 Å². The number of aromatic hydroxyl groups is 2. The summed E-state index contributed by atoms with van der Waals surface area (Å²) in [6.45, 7) is 0. The maximum atomic E-state index is 11.6. The van der Waals surface area contributed by atoms with Gasteiger partial charge in [-0.25, -0.2) is 0 Å². The molecule has 1 aliphatic carbocycles. The zero-order chi connectivity index (χ0) is 10.3. The van der Waals surface area contributed by atoms with Gasteiger partial charge >= 0.3 is 0 Å². The summed E-state index contributed by atoms with van der Waals surface area (Å²) in [5.41, 5.74) is 0.328. The summed E-state index contributed by atoms with van der Waals surface area (Å²) in [5.74, 6) is -0.0143. The monoisotopic (exact) mass is 304 g/mol. The number of hydrogen-bond donors (Lipinski definition) is 2. The molecule has 1 aliphatic rings. The molecule has 0 atom stereocenters. The average Bonchev–Trinajstić information content (AvgIpc) is 2.97. The minimum Gasteiger partial charge on any atom is -0.507 e. The van der Waals surface area contributed by atoms with Crippen LogP contribution in [0.5, 0.6) is 11.5 Å². The van der Waals surface area contributed by atoms with E-state index < -0.39 is 0 Å². The van der Waals surface area contributed by atoms with Crippen molar-refractivity contribution in [3.05, 3.63) is 21.3 Å². The second-order valence-electron chi connectivity index (χ2n) is 3.43. The van der Waals surface area contributed by atoms with E-state index >= 15 is 0 Å². The zero-order valence-electron chi connectivity index (χ0n) is 7.33. The van der Waals surface area contributed by atoms with Crippen LogP contribution in [0.4, 0.5) is 0 Å². The highest BCUT2D eigenvalue weighted by Gasteiger charge is 2.32. The van der Waals surface area contributed by atoms with E-state index in [1.165, 1.54) is 12.1 Å². The largest absolute Gasteiger partial charge is 0.507 e. The predicted molar refractivity (Wildman–Crippen MR) is 59.5 cm³/mol. The molecule has 2 rings (SSSR count). The van der Waals surface area contributed by atoms with Gasteiger partial charge in [-0.15, -0.1) is 0 Å². The quantitative estimate of drug-likeness (QED) is 0.651. The molecule has 2 N–H and O–H groups in total. The van der Waals surface area contributed by atoms with Crippen LogP contribution in [0, 0.1) is 9.49 Å². The maximum absolute atomic E-state index is 11.6. The Hall–Kier alpha value is -0.780. The summed E-state index contributed by atoms with van der Waals surface area (Å²) < 4.78 is 0.342. The Kier molecular flexibility index (Phi) is 2.38. The number of phenols is 2. The van der Waals surface area contributed by atoms with E-state index in [4.69, 9.17) is 0 Å². The molecule has 0 spiro atoms. The second-order valence-corrected chi connectivity index (χ2v) is 4.51. The second kappa shape index (κ2) is 3.42. The minimum atomic E-state index is -0.0949. The van der Waals surface area contributed by atoms with Gasteiger partial charge < -0.3 is 10.2 Å². The van der Waals surface area contributed by atoms with Crippen molar-refractivity contribution in [3.63, 3.8) is 0 Å². The van der Waals surface area contributed by atoms with Crippen LogP contribution in [0.25, 0.3) is 0 Å². The Morgan fingerprint density at radius 1 is 1.36 bits per heavy atom. The van der Waals surface area contributed by atoms with Gasteiger partial charge in [0.05, 0.1) is 9.13 Å². The van der Waals surface area contributed by atoms with E-state index in [-0.39, 0.29) is 23.2 Å². The van der Waals surface area contributed by atoms with Crippen molar-refractivity contribution in [2.24, 2.45) is 5.92 Å². The van der Waals surface area contributed by atoms with E-state index in [2.05, 4.69) is 0 Å². The highest BCUT2D eigenvalue weighted by molar-refractivity contribution is 14.1. The molecule has 0 aromatic heterocycles. The van der Waals surface area contributed by atoms with Crippen molar-refractivity contribution in [1.29, 1.82) is 0 Å². The number of hydrogen-bond acceptors (Lipinski definition) is 3. The number of ketones is 1. The van der Waals surface area contributed by atoms with E-state index in [0.29, 0.717) is 9.13 Å². The summed E-state index contributed by atoms with van der Waals surface area (Å²) in [6, 6.07) is 2.92. The number of Topliss-reactive ketones (excluding diaryl/α,β-unsaturated/α-hetero) is 1. The molecule has 3 nitrogen and oxygen atoms in total. The topological polar surface area (TPSA) is 57.5 Å². The molecular formula is C10H9IO3. The van der Waals surface area contributed by atoms with Crippen molar-refractivity contribution < 1.29 is 15.0 Å². The first-order chi connectivity index (χ1) is 6.61. The number of carbonyl (C=O) groups excluding carboxylic acids is 1. The lowest BCUT2D eigenvalue weighted by Crippen LogP contribution is -2.02. The Bertz CT molecular complexity index is 397. The number of rotatable bonds is 2. The fourth-order valence-corrected chi connectivity index (χ4v) is 1.79. The lowest BCUT2D eigenvalue weighted by molar-refractivity contribution is 0.0965. The SMILES string of the molecule is O=C(c1ccc(O)c(I)c1O)C1CC1. The average molecular weight is 304 g/mol. The van der Waals surface area contributed by atoms with Crippen LogP contribution >= 0.6 is 22.6 Å². The normalized spacial score (nSPS) is 15.5. The molecule has 14 heavy (non-hydrogen) atoms. The molecule has 1 saturated carbocycles. The van der Waals surface area contributed by atoms with Crippen molar-refractivity contribution in [2.75, 3.05) is 0 Å². The number of phenolic OH excluding ortho intramolecular Hbond substituents is 2. The van der Waals surface area contributed by atoms with Gasteiger partial charge in [-0.3, -0.25) is 4.79 Å². The number of benzene rings is 1. The lowest BCUT2D eigenvalue weighted by atomic mass is 10.1. The molecule has 0 heterocycles. The predicted octanol–water partition coefficient (Wildman–Crippen LogP) is 2.30. The third-order valence-electron chi connectivity index (χ3n) is 2.31. The highest BCUT2D eigenvalue weighted by atomic mass is 127. The van der Waals surface area contributed by atoms with E-state index in [0.717, 1.165) is 12.8 Å². The number of carbonyl (C=O) groups is 1. The number of halogens is 1. The summed E-state index contributed by atoms with van der Waals surface area (Å²) in [4.78, 5) is 11.6. The molecular weight excluding hydrogens is 295 g/mol. The van der Waals surface area contributed by atoms with Crippen LogP contribution in [-0.4, -0.2) is 16.0 Å². The molecule has 0 bridgehead atoms. The Morgan fingerprint density at radius 2 is 2.00 bits per heavy atom. The molecule has 1 aromatic carbocycles. The summed E-state index contributed by atoms with van der Waals surface area (Å²) in [6.07, 6.45) is 1.82. The molecule has 0 amide bonds. The highest BCUT2D eigenvalue weighted by Crippen LogP contribution is 2.38. The fourth-order valence-electron chi connectivity index (χ4n) is 1.32. The minimum absolute atomic E-state index is 0.00967. The summed E-state index contributed by atoms with van der Waals surface area (Å²) in [5, 5.41) is 18.9. The third kappa shape index (κ3) is 1.58. The Labute approximate surface area is 94.9 Å². The molecule has 0 unspecified atom stereocenters. The van der Waals surface area contributed by atoms with Gasteiger partial charge in [0.1, 0.15) is 11.5 Å². The molecule has 0 radical (unpaired) electrons. The first-order valence-corrected chi connectivity index (χ1v) is 5.43.